The third-order valence-electron chi connectivity index (χ3n) is 3.89. The van der Waals surface area contributed by atoms with Crippen LogP contribution in [0, 0.1) is 0 Å². The number of rotatable bonds is 1. The molecule has 0 fully saturated rings. The third-order valence-corrected chi connectivity index (χ3v) is 4.21. The highest BCUT2D eigenvalue weighted by Gasteiger charge is 2.25. The lowest BCUT2D eigenvalue weighted by molar-refractivity contribution is 1.25. The molecule has 5 N–H and O–H groups in total. The van der Waals surface area contributed by atoms with Gasteiger partial charge in [-0.2, -0.15) is 0 Å². The van der Waals surface area contributed by atoms with Gasteiger partial charge in [0, 0.05) is 11.4 Å². The van der Waals surface area contributed by atoms with Crippen LogP contribution >= 0.6 is 11.6 Å². The number of fused-ring (bicyclic) bond motifs is 2. The molecular weight excluding hydrogens is 308 g/mol. The van der Waals surface area contributed by atoms with Crippen molar-refractivity contribution in [3.63, 3.8) is 0 Å². The van der Waals surface area contributed by atoms with Crippen LogP contribution < -0.4 is 21.7 Å². The molecule has 1 heterocycles. The summed E-state index contributed by atoms with van der Waals surface area (Å²) in [6.45, 7) is 0. The van der Waals surface area contributed by atoms with Crippen molar-refractivity contribution < 1.29 is 0 Å². The van der Waals surface area contributed by atoms with Crippen LogP contribution in [-0.4, -0.2) is 0 Å². The molecule has 3 aromatic carbocycles. The average Bonchev–Trinajstić information content (AvgIpc) is 2.54. The van der Waals surface area contributed by atoms with E-state index in [4.69, 9.17) is 23.1 Å². The number of nitrogens with zero attached hydrogens (tertiary/aromatic N) is 1. The van der Waals surface area contributed by atoms with Crippen LogP contribution in [0.3, 0.4) is 0 Å². The Hall–Kier alpha value is -2.85. The van der Waals surface area contributed by atoms with Crippen molar-refractivity contribution in [2.24, 2.45) is 0 Å². The maximum Gasteiger partial charge on any atom is 0.0718 e. The fourth-order valence-electron chi connectivity index (χ4n) is 2.85. The average molecular weight is 323 g/mol. The summed E-state index contributed by atoms with van der Waals surface area (Å²) in [4.78, 5) is 2.08. The first-order chi connectivity index (χ1) is 11.1. The van der Waals surface area contributed by atoms with Crippen LogP contribution in [0.1, 0.15) is 0 Å². The maximum atomic E-state index is 6.45. The molecule has 0 spiro atoms. The Labute approximate surface area is 139 Å². The summed E-state index contributed by atoms with van der Waals surface area (Å²) in [5, 5.41) is 4.08. The predicted molar refractivity (Wildman–Crippen MR) is 98.2 cm³/mol. The smallest absolute Gasteiger partial charge is 0.0718 e. The van der Waals surface area contributed by atoms with E-state index in [9.17, 15) is 0 Å². The lowest BCUT2D eigenvalue weighted by atomic mass is 10.1. The van der Waals surface area contributed by atoms with Crippen molar-refractivity contribution >= 4 is 51.4 Å². The molecule has 23 heavy (non-hydrogen) atoms. The van der Waals surface area contributed by atoms with Crippen LogP contribution in [-0.2, 0) is 0 Å². The van der Waals surface area contributed by atoms with Gasteiger partial charge in [0.2, 0.25) is 0 Å². The molecule has 5 heteroatoms. The van der Waals surface area contributed by atoms with Gasteiger partial charge in [-0.3, -0.25) is 0 Å². The first-order valence-electron chi connectivity index (χ1n) is 7.24. The Morgan fingerprint density at radius 1 is 0.739 bits per heavy atom. The predicted octanol–water partition coefficient (Wildman–Crippen LogP) is 5.03. The van der Waals surface area contributed by atoms with E-state index in [0.29, 0.717) is 16.4 Å². The topological polar surface area (TPSA) is 67.3 Å². The van der Waals surface area contributed by atoms with Gasteiger partial charge in [-0.25, -0.2) is 0 Å². The molecule has 0 amide bonds. The van der Waals surface area contributed by atoms with Crippen LogP contribution in [0.5, 0.6) is 0 Å². The summed E-state index contributed by atoms with van der Waals surface area (Å²) in [5.74, 6) is 0. The highest BCUT2D eigenvalue weighted by Crippen LogP contribution is 2.50. The summed E-state index contributed by atoms with van der Waals surface area (Å²) in [5.41, 5.74) is 18.1. The molecule has 0 aromatic heterocycles. The lowest BCUT2D eigenvalue weighted by Crippen LogP contribution is -2.18. The van der Waals surface area contributed by atoms with Gasteiger partial charge in [-0.05, 0) is 48.5 Å². The van der Waals surface area contributed by atoms with Gasteiger partial charge in [0.15, 0.2) is 0 Å². The van der Waals surface area contributed by atoms with Crippen LogP contribution in [0.2, 0.25) is 5.02 Å². The zero-order valence-electron chi connectivity index (χ0n) is 12.3. The number of nitrogens with one attached hydrogen (secondary N) is 1. The number of nitrogens with two attached hydrogens (primary N) is 2. The monoisotopic (exact) mass is 322 g/mol. The molecule has 0 aliphatic carbocycles. The number of anilines is 7. The van der Waals surface area contributed by atoms with E-state index in [1.807, 2.05) is 60.7 Å². The SMILES string of the molecule is Nc1ccc2c(c1)N(c1ccccc1Cl)c1cc(N)ccc1N2. The lowest BCUT2D eigenvalue weighted by Gasteiger charge is -2.34. The van der Waals surface area contributed by atoms with Gasteiger partial charge in [0.05, 0.1) is 33.5 Å². The number of para-hydroxylation sites is 1. The maximum absolute atomic E-state index is 6.45. The van der Waals surface area contributed by atoms with Crippen molar-refractivity contribution in [3.8, 4) is 0 Å². The molecule has 0 saturated heterocycles. The number of nitrogen functional groups attached to an aromatic ring is 2. The molecule has 114 valence electrons. The van der Waals surface area contributed by atoms with Gasteiger partial charge >= 0.3 is 0 Å². The van der Waals surface area contributed by atoms with Gasteiger partial charge in [0.1, 0.15) is 0 Å². The Bertz CT molecular complexity index is 856. The Morgan fingerprint density at radius 2 is 1.30 bits per heavy atom. The fourth-order valence-corrected chi connectivity index (χ4v) is 3.07. The van der Waals surface area contributed by atoms with Crippen molar-refractivity contribution in [1.82, 2.24) is 0 Å². The Balaban J connectivity index is 2.02. The second-order valence-corrected chi connectivity index (χ2v) is 5.87. The quantitative estimate of drug-likeness (QED) is 0.430. The third kappa shape index (κ3) is 2.24. The molecular formula is C18H15ClN4. The highest BCUT2D eigenvalue weighted by molar-refractivity contribution is 6.33. The first-order valence-corrected chi connectivity index (χ1v) is 7.62. The first kappa shape index (κ1) is 13.8. The van der Waals surface area contributed by atoms with Gasteiger partial charge in [-0.1, -0.05) is 23.7 Å². The molecule has 0 bridgehead atoms. The van der Waals surface area contributed by atoms with Crippen LogP contribution in [0.25, 0.3) is 0 Å². The van der Waals surface area contributed by atoms with Gasteiger partial charge in [-0.15, -0.1) is 0 Å². The zero-order valence-corrected chi connectivity index (χ0v) is 13.0. The Kier molecular flexibility index (Phi) is 3.06. The van der Waals surface area contributed by atoms with E-state index >= 15 is 0 Å². The molecule has 4 nitrogen and oxygen atoms in total. The van der Waals surface area contributed by atoms with Crippen LogP contribution in [0.4, 0.5) is 39.8 Å². The summed E-state index contributed by atoms with van der Waals surface area (Å²) in [6, 6.07) is 19.3. The van der Waals surface area contributed by atoms with Crippen LogP contribution in [0.15, 0.2) is 60.7 Å². The largest absolute Gasteiger partial charge is 0.399 e. The second-order valence-electron chi connectivity index (χ2n) is 5.46. The van der Waals surface area contributed by atoms with E-state index in [-0.39, 0.29) is 0 Å². The molecule has 0 unspecified atom stereocenters. The van der Waals surface area contributed by atoms with Crippen molar-refractivity contribution in [2.75, 3.05) is 21.7 Å². The number of hydrogen-bond donors (Lipinski definition) is 3. The summed E-state index contributed by atoms with van der Waals surface area (Å²) in [7, 11) is 0. The number of halogens is 1. The van der Waals surface area contributed by atoms with E-state index < -0.39 is 0 Å². The number of benzene rings is 3. The van der Waals surface area contributed by atoms with Crippen molar-refractivity contribution in [2.45, 2.75) is 0 Å². The molecule has 1 aliphatic heterocycles. The minimum atomic E-state index is 0.663. The zero-order chi connectivity index (χ0) is 16.0. The van der Waals surface area contributed by atoms with E-state index in [1.54, 1.807) is 0 Å². The summed E-state index contributed by atoms with van der Waals surface area (Å²) < 4.78 is 0. The molecule has 3 aromatic rings. The summed E-state index contributed by atoms with van der Waals surface area (Å²) >= 11 is 6.45. The molecule has 0 atom stereocenters. The fraction of sp³-hybridized carbons (Fsp3) is 0. The summed E-state index contributed by atoms with van der Waals surface area (Å²) in [6.07, 6.45) is 0. The molecule has 0 radical (unpaired) electrons. The highest BCUT2D eigenvalue weighted by atomic mass is 35.5. The van der Waals surface area contributed by atoms with Gasteiger partial charge < -0.3 is 21.7 Å². The molecule has 0 saturated carbocycles. The standard InChI is InChI=1S/C18H15ClN4/c19-13-3-1-2-4-16(13)23-17-9-11(20)5-7-14(17)22-15-8-6-12(21)10-18(15)23/h1-10,22H,20-21H2. The minimum absolute atomic E-state index is 0.663. The van der Waals surface area contributed by atoms with E-state index in [0.717, 1.165) is 28.4 Å². The van der Waals surface area contributed by atoms with Crippen molar-refractivity contribution in [1.29, 1.82) is 0 Å². The van der Waals surface area contributed by atoms with Crippen molar-refractivity contribution in [3.05, 3.63) is 65.7 Å². The molecule has 1 aliphatic rings. The number of hydrogen-bond acceptors (Lipinski definition) is 4. The normalized spacial score (nSPS) is 12.3. The Morgan fingerprint density at radius 3 is 1.87 bits per heavy atom. The second kappa shape index (κ2) is 5.11. The minimum Gasteiger partial charge on any atom is -0.399 e. The molecule has 4 rings (SSSR count). The van der Waals surface area contributed by atoms with Gasteiger partial charge in [0.25, 0.3) is 0 Å². The van der Waals surface area contributed by atoms with E-state index in [2.05, 4.69) is 10.2 Å². The van der Waals surface area contributed by atoms with E-state index in [1.165, 1.54) is 0 Å².